The Kier molecular flexibility index (Phi) is 7.59. The Bertz CT molecular complexity index is 932. The molecule has 1 saturated heterocycles. The fraction of sp³-hybridized carbons (Fsp3) is 0.435. The molecule has 0 aliphatic carbocycles. The highest BCUT2D eigenvalue weighted by Crippen LogP contribution is 2.20. The van der Waals surface area contributed by atoms with E-state index in [-0.39, 0.29) is 23.9 Å². The molecule has 0 unspecified atom stereocenters. The lowest BCUT2D eigenvalue weighted by molar-refractivity contribution is 0.0323. The van der Waals surface area contributed by atoms with E-state index in [9.17, 15) is 14.4 Å². The van der Waals surface area contributed by atoms with Crippen molar-refractivity contribution in [1.29, 1.82) is 0 Å². The molecule has 31 heavy (non-hydrogen) atoms. The standard InChI is InChI=1S/C23H29N3O5/c1-16-20(17(2)24-21(16)23(29)30-3)19(27)15-26(10-9-25-11-13-31-14-12-25)22(28)18-7-5-4-6-8-18/h4-8,24H,9-15H2,1-3H3. The van der Waals surface area contributed by atoms with Crippen LogP contribution in [0.2, 0.25) is 0 Å². The number of esters is 1. The third kappa shape index (κ3) is 5.39. The minimum absolute atomic E-state index is 0.0712. The van der Waals surface area contributed by atoms with Crippen molar-refractivity contribution >= 4 is 17.7 Å². The second-order valence-corrected chi connectivity index (χ2v) is 7.59. The maximum absolute atomic E-state index is 13.2. The van der Waals surface area contributed by atoms with Gasteiger partial charge >= 0.3 is 5.97 Å². The van der Waals surface area contributed by atoms with Gasteiger partial charge in [-0.1, -0.05) is 18.2 Å². The van der Waals surface area contributed by atoms with E-state index in [1.165, 1.54) is 7.11 Å². The van der Waals surface area contributed by atoms with Crippen molar-refractivity contribution in [2.24, 2.45) is 0 Å². The number of aromatic nitrogens is 1. The third-order valence-electron chi connectivity index (χ3n) is 5.54. The normalized spacial score (nSPS) is 14.3. The molecule has 1 aromatic heterocycles. The first kappa shape index (κ1) is 22.7. The van der Waals surface area contributed by atoms with E-state index in [2.05, 4.69) is 9.88 Å². The summed E-state index contributed by atoms with van der Waals surface area (Å²) in [5.41, 5.74) is 2.35. The van der Waals surface area contributed by atoms with Gasteiger partial charge in [0, 0.05) is 43.0 Å². The van der Waals surface area contributed by atoms with Gasteiger partial charge in [0.05, 0.1) is 26.9 Å². The third-order valence-corrected chi connectivity index (χ3v) is 5.54. The van der Waals surface area contributed by atoms with E-state index >= 15 is 0 Å². The summed E-state index contributed by atoms with van der Waals surface area (Å²) in [5.74, 6) is -0.932. The first-order chi connectivity index (χ1) is 14.9. The predicted octanol–water partition coefficient (Wildman–Crippen LogP) is 2.08. The average molecular weight is 428 g/mol. The van der Waals surface area contributed by atoms with Gasteiger partial charge in [-0.2, -0.15) is 0 Å². The van der Waals surface area contributed by atoms with E-state index in [1.54, 1.807) is 43.0 Å². The number of morpholine rings is 1. The van der Waals surface area contributed by atoms with Crippen LogP contribution in [0.3, 0.4) is 0 Å². The number of carbonyl (C=O) groups is 3. The summed E-state index contributed by atoms with van der Waals surface area (Å²) in [5, 5.41) is 0. The van der Waals surface area contributed by atoms with E-state index in [1.807, 2.05) is 6.07 Å². The summed E-state index contributed by atoms with van der Waals surface area (Å²) in [6.45, 7) is 7.41. The number of amides is 1. The van der Waals surface area contributed by atoms with Gasteiger partial charge in [-0.15, -0.1) is 0 Å². The smallest absolute Gasteiger partial charge is 0.354 e. The van der Waals surface area contributed by atoms with Gasteiger partial charge in [-0.05, 0) is 31.5 Å². The molecule has 2 aromatic rings. The van der Waals surface area contributed by atoms with Crippen molar-refractivity contribution in [3.63, 3.8) is 0 Å². The highest BCUT2D eigenvalue weighted by Gasteiger charge is 2.26. The Balaban J connectivity index is 1.80. The van der Waals surface area contributed by atoms with Gasteiger partial charge in [-0.3, -0.25) is 14.5 Å². The predicted molar refractivity (Wildman–Crippen MR) is 116 cm³/mol. The first-order valence-corrected chi connectivity index (χ1v) is 10.4. The molecule has 0 radical (unpaired) electrons. The molecule has 1 aliphatic rings. The molecule has 0 spiro atoms. The zero-order chi connectivity index (χ0) is 22.4. The van der Waals surface area contributed by atoms with Gasteiger partial charge in [0.2, 0.25) is 0 Å². The SMILES string of the molecule is COC(=O)c1[nH]c(C)c(C(=O)CN(CCN2CCOCC2)C(=O)c2ccccc2)c1C. The molecule has 1 fully saturated rings. The molecule has 1 amide bonds. The van der Waals surface area contributed by atoms with Gasteiger partial charge in [0.25, 0.3) is 5.91 Å². The molecule has 1 aromatic carbocycles. The maximum Gasteiger partial charge on any atom is 0.354 e. The van der Waals surface area contributed by atoms with E-state index in [4.69, 9.17) is 9.47 Å². The fourth-order valence-corrected chi connectivity index (χ4v) is 3.83. The molecule has 8 nitrogen and oxygen atoms in total. The second-order valence-electron chi connectivity index (χ2n) is 7.59. The molecule has 1 aliphatic heterocycles. The van der Waals surface area contributed by atoms with Crippen LogP contribution in [-0.4, -0.2) is 85.5 Å². The lowest BCUT2D eigenvalue weighted by Gasteiger charge is -2.30. The Morgan fingerprint density at radius 1 is 1.13 bits per heavy atom. The Labute approximate surface area is 182 Å². The topological polar surface area (TPSA) is 91.9 Å². The van der Waals surface area contributed by atoms with Crippen LogP contribution >= 0.6 is 0 Å². The number of benzene rings is 1. The van der Waals surface area contributed by atoms with Crippen LogP contribution in [0.1, 0.15) is 42.5 Å². The number of aromatic amines is 1. The number of hydrogen-bond donors (Lipinski definition) is 1. The van der Waals surface area contributed by atoms with Crippen LogP contribution in [0.25, 0.3) is 0 Å². The lowest BCUT2D eigenvalue weighted by Crippen LogP contribution is -2.44. The number of nitrogens with zero attached hydrogens (tertiary/aromatic N) is 2. The van der Waals surface area contributed by atoms with Crippen LogP contribution in [0.15, 0.2) is 30.3 Å². The van der Waals surface area contributed by atoms with Gasteiger partial charge in [0.15, 0.2) is 5.78 Å². The number of hydrogen-bond acceptors (Lipinski definition) is 6. The largest absolute Gasteiger partial charge is 0.464 e. The van der Waals surface area contributed by atoms with Crippen molar-refractivity contribution in [2.45, 2.75) is 13.8 Å². The van der Waals surface area contributed by atoms with Crippen LogP contribution in [0, 0.1) is 13.8 Å². The minimum Gasteiger partial charge on any atom is -0.464 e. The molecule has 3 rings (SSSR count). The Morgan fingerprint density at radius 3 is 2.45 bits per heavy atom. The maximum atomic E-state index is 13.2. The summed E-state index contributed by atoms with van der Waals surface area (Å²) < 4.78 is 10.2. The molecule has 8 heteroatoms. The number of aryl methyl sites for hydroxylation is 1. The van der Waals surface area contributed by atoms with Crippen molar-refractivity contribution in [2.75, 3.05) is 53.0 Å². The number of H-pyrrole nitrogens is 1. The van der Waals surface area contributed by atoms with Crippen LogP contribution in [-0.2, 0) is 9.47 Å². The number of Topliss-reactive ketones (excluding diaryl/α,β-unsaturated/α-hetero) is 1. The summed E-state index contributed by atoms with van der Waals surface area (Å²) >= 11 is 0. The van der Waals surface area contributed by atoms with Crippen molar-refractivity contribution in [3.05, 3.63) is 58.4 Å². The second kappa shape index (κ2) is 10.4. The number of methoxy groups -OCH3 is 1. The summed E-state index contributed by atoms with van der Waals surface area (Å²) in [7, 11) is 1.30. The fourth-order valence-electron chi connectivity index (χ4n) is 3.83. The van der Waals surface area contributed by atoms with Crippen LogP contribution in [0.5, 0.6) is 0 Å². The summed E-state index contributed by atoms with van der Waals surface area (Å²) in [4.78, 5) is 45.1. The molecule has 0 atom stereocenters. The Morgan fingerprint density at radius 2 is 1.81 bits per heavy atom. The van der Waals surface area contributed by atoms with Gasteiger partial charge in [0.1, 0.15) is 5.69 Å². The van der Waals surface area contributed by atoms with Gasteiger partial charge in [-0.25, -0.2) is 4.79 Å². The summed E-state index contributed by atoms with van der Waals surface area (Å²) in [6.07, 6.45) is 0. The van der Waals surface area contributed by atoms with E-state index < -0.39 is 5.97 Å². The summed E-state index contributed by atoms with van der Waals surface area (Å²) in [6, 6.07) is 8.95. The highest BCUT2D eigenvalue weighted by molar-refractivity contribution is 6.05. The van der Waals surface area contributed by atoms with Crippen molar-refractivity contribution in [1.82, 2.24) is 14.8 Å². The molecule has 0 saturated carbocycles. The lowest BCUT2D eigenvalue weighted by atomic mass is 10.0. The average Bonchev–Trinajstić information content (AvgIpc) is 3.10. The van der Waals surface area contributed by atoms with Gasteiger partial charge < -0.3 is 19.4 Å². The van der Waals surface area contributed by atoms with Crippen LogP contribution in [0.4, 0.5) is 0 Å². The monoisotopic (exact) mass is 427 g/mol. The molecule has 1 N–H and O–H groups in total. The quantitative estimate of drug-likeness (QED) is 0.512. The molecule has 166 valence electrons. The highest BCUT2D eigenvalue weighted by atomic mass is 16.5. The Hall–Kier alpha value is -2.97. The molecule has 0 bridgehead atoms. The number of carbonyl (C=O) groups excluding carboxylic acids is 3. The number of ketones is 1. The molecular formula is C23H29N3O5. The van der Waals surface area contributed by atoms with Crippen LogP contribution < -0.4 is 0 Å². The van der Waals surface area contributed by atoms with E-state index in [0.29, 0.717) is 48.7 Å². The number of ether oxygens (including phenoxy) is 2. The minimum atomic E-state index is -0.524. The van der Waals surface area contributed by atoms with Crippen molar-refractivity contribution in [3.8, 4) is 0 Å². The molecular weight excluding hydrogens is 398 g/mol. The van der Waals surface area contributed by atoms with E-state index in [0.717, 1.165) is 13.1 Å². The van der Waals surface area contributed by atoms with Crippen molar-refractivity contribution < 1.29 is 23.9 Å². The molecule has 2 heterocycles. The number of nitrogens with one attached hydrogen (secondary N) is 1. The zero-order valence-corrected chi connectivity index (χ0v) is 18.3. The zero-order valence-electron chi connectivity index (χ0n) is 18.3. The first-order valence-electron chi connectivity index (χ1n) is 10.4. The number of rotatable bonds is 8.